The largest absolute Gasteiger partial charge is 0.269 e. The fourth-order valence-electron chi connectivity index (χ4n) is 1.75. The smallest absolute Gasteiger partial charge is 0.258 e. The Bertz CT molecular complexity index is 579. The van der Waals surface area contributed by atoms with Crippen molar-refractivity contribution >= 4 is 18.3 Å². The minimum atomic E-state index is -0.383. The zero-order valence-electron chi connectivity index (χ0n) is 9.96. The predicted octanol–water partition coefficient (Wildman–Crippen LogP) is 3.78. The maximum absolute atomic E-state index is 10.7. The van der Waals surface area contributed by atoms with E-state index in [2.05, 4.69) is 12.6 Å². The topological polar surface area (TPSA) is 43.1 Å². The van der Waals surface area contributed by atoms with E-state index in [1.54, 1.807) is 12.1 Å². The summed E-state index contributed by atoms with van der Waals surface area (Å²) in [5.41, 5.74) is 3.30. The van der Waals surface area contributed by atoms with Gasteiger partial charge in [-0.1, -0.05) is 29.8 Å². The monoisotopic (exact) mass is 259 g/mol. The number of nitro benzene ring substituents is 1. The van der Waals surface area contributed by atoms with Gasteiger partial charge >= 0.3 is 0 Å². The van der Waals surface area contributed by atoms with E-state index in [4.69, 9.17) is 0 Å². The summed E-state index contributed by atoms with van der Waals surface area (Å²) in [5.74, 6) is 0. The molecule has 0 spiro atoms. The number of non-ortho nitro benzene ring substituents is 1. The van der Waals surface area contributed by atoms with Crippen LogP contribution in [-0.2, 0) is 6.42 Å². The summed E-state index contributed by atoms with van der Waals surface area (Å²) in [5, 5.41) is 10.7. The minimum absolute atomic E-state index is 0.106. The Kier molecular flexibility index (Phi) is 3.67. The molecule has 0 unspecified atom stereocenters. The van der Waals surface area contributed by atoms with Crippen molar-refractivity contribution in [3.05, 3.63) is 69.3 Å². The van der Waals surface area contributed by atoms with E-state index in [0.29, 0.717) is 6.42 Å². The summed E-state index contributed by atoms with van der Waals surface area (Å²) < 4.78 is 0. The molecule has 0 radical (unpaired) electrons. The van der Waals surface area contributed by atoms with E-state index in [0.717, 1.165) is 16.0 Å². The van der Waals surface area contributed by atoms with Gasteiger partial charge in [-0.25, -0.2) is 0 Å². The van der Waals surface area contributed by atoms with E-state index >= 15 is 0 Å². The Labute approximate surface area is 111 Å². The van der Waals surface area contributed by atoms with E-state index in [9.17, 15) is 10.1 Å². The van der Waals surface area contributed by atoms with Crippen LogP contribution in [0.1, 0.15) is 16.7 Å². The van der Waals surface area contributed by atoms with Crippen molar-refractivity contribution in [2.45, 2.75) is 18.2 Å². The maximum atomic E-state index is 10.7. The molecule has 0 atom stereocenters. The standard InChI is InChI=1S/C14H13NO2S/c1-10-2-4-11(5-3-10)8-12-9-13(15(16)17)6-7-14(12)18/h2-7,9,18H,8H2,1H3. The van der Waals surface area contributed by atoms with E-state index in [1.807, 2.05) is 31.2 Å². The second kappa shape index (κ2) is 5.23. The molecule has 0 amide bonds. The first-order valence-corrected chi connectivity index (χ1v) is 6.03. The zero-order valence-corrected chi connectivity index (χ0v) is 10.9. The lowest BCUT2D eigenvalue weighted by Crippen LogP contribution is -1.94. The number of hydrogen-bond donors (Lipinski definition) is 1. The van der Waals surface area contributed by atoms with E-state index < -0.39 is 0 Å². The summed E-state index contributed by atoms with van der Waals surface area (Å²) in [6.07, 6.45) is 0.654. The molecule has 0 aliphatic heterocycles. The van der Waals surface area contributed by atoms with Crippen molar-refractivity contribution < 1.29 is 4.92 Å². The molecule has 0 aromatic heterocycles. The molecule has 3 nitrogen and oxygen atoms in total. The summed E-state index contributed by atoms with van der Waals surface area (Å²) >= 11 is 4.34. The lowest BCUT2D eigenvalue weighted by atomic mass is 10.0. The molecular formula is C14H13NO2S. The van der Waals surface area contributed by atoms with Gasteiger partial charge in [0.05, 0.1) is 4.92 Å². The highest BCUT2D eigenvalue weighted by molar-refractivity contribution is 7.80. The van der Waals surface area contributed by atoms with Gasteiger partial charge in [-0.2, -0.15) is 0 Å². The van der Waals surface area contributed by atoms with Gasteiger partial charge in [0.1, 0.15) is 0 Å². The third-order valence-electron chi connectivity index (χ3n) is 2.79. The molecular weight excluding hydrogens is 246 g/mol. The number of hydrogen-bond acceptors (Lipinski definition) is 3. The molecule has 0 fully saturated rings. The van der Waals surface area contributed by atoms with Crippen molar-refractivity contribution in [1.29, 1.82) is 0 Å². The molecule has 0 heterocycles. The predicted molar refractivity (Wildman–Crippen MR) is 74.3 cm³/mol. The third kappa shape index (κ3) is 2.90. The molecule has 2 rings (SSSR count). The van der Waals surface area contributed by atoms with Gasteiger partial charge in [0, 0.05) is 17.0 Å². The molecule has 0 aliphatic carbocycles. The first kappa shape index (κ1) is 12.6. The molecule has 2 aromatic carbocycles. The fourth-order valence-corrected chi connectivity index (χ4v) is 1.97. The SMILES string of the molecule is Cc1ccc(Cc2cc([N+](=O)[O-])ccc2S)cc1. The van der Waals surface area contributed by atoms with Crippen LogP contribution in [0.2, 0.25) is 0 Å². The number of thiol groups is 1. The summed E-state index contributed by atoms with van der Waals surface area (Å²) in [7, 11) is 0. The normalized spacial score (nSPS) is 10.3. The van der Waals surface area contributed by atoms with Crippen LogP contribution in [0.25, 0.3) is 0 Å². The van der Waals surface area contributed by atoms with Crippen LogP contribution in [-0.4, -0.2) is 4.92 Å². The van der Waals surface area contributed by atoms with Gasteiger partial charge in [-0.15, -0.1) is 12.6 Å². The molecule has 0 N–H and O–H groups in total. The van der Waals surface area contributed by atoms with Crippen LogP contribution in [0.15, 0.2) is 47.4 Å². The average Bonchev–Trinajstić information content (AvgIpc) is 2.34. The van der Waals surface area contributed by atoms with Gasteiger partial charge < -0.3 is 0 Å². The van der Waals surface area contributed by atoms with Crippen LogP contribution >= 0.6 is 12.6 Å². The fraction of sp³-hybridized carbons (Fsp3) is 0.143. The maximum Gasteiger partial charge on any atom is 0.269 e. The van der Waals surface area contributed by atoms with Crippen LogP contribution < -0.4 is 0 Å². The Balaban J connectivity index is 2.30. The highest BCUT2D eigenvalue weighted by Gasteiger charge is 2.09. The summed E-state index contributed by atoms with van der Waals surface area (Å²) in [6.45, 7) is 2.03. The van der Waals surface area contributed by atoms with Gasteiger partial charge in [0.15, 0.2) is 0 Å². The molecule has 4 heteroatoms. The van der Waals surface area contributed by atoms with Crippen LogP contribution in [0, 0.1) is 17.0 Å². The lowest BCUT2D eigenvalue weighted by Gasteiger charge is -2.05. The van der Waals surface area contributed by atoms with Crippen molar-refractivity contribution in [3.63, 3.8) is 0 Å². The van der Waals surface area contributed by atoms with Gasteiger partial charge in [0.2, 0.25) is 0 Å². The summed E-state index contributed by atoms with van der Waals surface area (Å²) in [4.78, 5) is 11.1. The lowest BCUT2D eigenvalue weighted by molar-refractivity contribution is -0.385. The third-order valence-corrected chi connectivity index (χ3v) is 3.23. The van der Waals surface area contributed by atoms with Crippen molar-refractivity contribution in [1.82, 2.24) is 0 Å². The van der Waals surface area contributed by atoms with Crippen molar-refractivity contribution in [3.8, 4) is 0 Å². The zero-order chi connectivity index (χ0) is 13.1. The number of nitro groups is 1. The molecule has 2 aromatic rings. The van der Waals surface area contributed by atoms with Crippen LogP contribution in [0.4, 0.5) is 5.69 Å². The van der Waals surface area contributed by atoms with Crippen LogP contribution in [0.3, 0.4) is 0 Å². The Morgan fingerprint density at radius 1 is 1.17 bits per heavy atom. The molecule has 0 bridgehead atoms. The van der Waals surface area contributed by atoms with Gasteiger partial charge in [-0.3, -0.25) is 10.1 Å². The second-order valence-corrected chi connectivity index (χ2v) is 4.71. The quantitative estimate of drug-likeness (QED) is 0.518. The van der Waals surface area contributed by atoms with E-state index in [1.165, 1.54) is 11.6 Å². The molecule has 0 saturated heterocycles. The Morgan fingerprint density at radius 3 is 2.44 bits per heavy atom. The van der Waals surface area contributed by atoms with Gasteiger partial charge in [-0.05, 0) is 30.5 Å². The number of nitrogens with zero attached hydrogens (tertiary/aromatic N) is 1. The first-order chi connectivity index (χ1) is 8.56. The Morgan fingerprint density at radius 2 is 1.83 bits per heavy atom. The highest BCUT2D eigenvalue weighted by Crippen LogP contribution is 2.23. The molecule has 0 saturated carbocycles. The number of aryl methyl sites for hydroxylation is 1. The summed E-state index contributed by atoms with van der Waals surface area (Å²) in [6, 6.07) is 12.9. The first-order valence-electron chi connectivity index (χ1n) is 5.58. The molecule has 92 valence electrons. The number of benzene rings is 2. The molecule has 18 heavy (non-hydrogen) atoms. The highest BCUT2D eigenvalue weighted by atomic mass is 32.1. The average molecular weight is 259 g/mol. The van der Waals surface area contributed by atoms with Gasteiger partial charge in [0.25, 0.3) is 5.69 Å². The second-order valence-electron chi connectivity index (χ2n) is 4.23. The van der Waals surface area contributed by atoms with Crippen molar-refractivity contribution in [2.24, 2.45) is 0 Å². The minimum Gasteiger partial charge on any atom is -0.258 e. The van der Waals surface area contributed by atoms with Crippen molar-refractivity contribution in [2.75, 3.05) is 0 Å². The van der Waals surface area contributed by atoms with E-state index in [-0.39, 0.29) is 10.6 Å². The molecule has 0 aliphatic rings. The Hall–Kier alpha value is -1.81. The number of rotatable bonds is 3. The van der Waals surface area contributed by atoms with Crippen LogP contribution in [0.5, 0.6) is 0 Å².